The third-order valence-corrected chi connectivity index (χ3v) is 0. The van der Waals surface area contributed by atoms with Gasteiger partial charge in [0.05, 0.1) is 0 Å². The van der Waals surface area contributed by atoms with E-state index in [-0.39, 0.29) is 43.6 Å². The van der Waals surface area contributed by atoms with Crippen LogP contribution in [0.2, 0.25) is 0 Å². The summed E-state index contributed by atoms with van der Waals surface area (Å²) in [4.78, 5) is 9.00. The molecule has 0 amide bonds. The average molecular weight is 180 g/mol. The molecule has 0 aromatic heterocycles. The Kier molecular flexibility index (Phi) is 306. The van der Waals surface area contributed by atoms with E-state index in [1.165, 1.54) is 0 Å². The predicted octanol–water partition coefficient (Wildman–Crippen LogP) is -3.21. The second-order valence-corrected chi connectivity index (χ2v) is 0.519. The third kappa shape index (κ3) is 494000. The Bertz CT molecular complexity index is 34.0. The first-order valence-electron chi connectivity index (χ1n) is 0.928. The van der Waals surface area contributed by atoms with Gasteiger partial charge in [-0.15, -0.1) is 0 Å². The second kappa shape index (κ2) is 43.3. The van der Waals surface area contributed by atoms with Crippen LogP contribution in [0.3, 0.4) is 0 Å². The Hall–Kier alpha value is 0.0243. The van der Waals surface area contributed by atoms with Crippen LogP contribution in [0.1, 0.15) is 6.92 Å². The summed E-state index contributed by atoms with van der Waals surface area (Å²) in [6.07, 6.45) is 0. The number of carboxylic acid groups (broad SMARTS) is 1. The minimum atomic E-state index is -0.833. The van der Waals surface area contributed by atoms with E-state index in [1.54, 1.807) is 0 Å². The van der Waals surface area contributed by atoms with Gasteiger partial charge in [0.25, 0.3) is 5.97 Å². The molecule has 0 aromatic carbocycles. The van der Waals surface area contributed by atoms with Gasteiger partial charge in [0.2, 0.25) is 0 Å². The van der Waals surface area contributed by atoms with Crippen LogP contribution in [0, 0.1) is 0 Å². The number of rotatable bonds is 0. The molecule has 0 atom stereocenters. The summed E-state index contributed by atoms with van der Waals surface area (Å²) in [5.74, 6) is -0.833. The molecule has 0 aliphatic carbocycles. The molecule has 7 heteroatoms. The maximum atomic E-state index is 9.00. The van der Waals surface area contributed by atoms with Gasteiger partial charge >= 0.3 is 0 Å². The summed E-state index contributed by atoms with van der Waals surface area (Å²) >= 11 is 0. The van der Waals surface area contributed by atoms with Crippen LogP contribution < -0.4 is 0 Å². The van der Waals surface area contributed by atoms with Gasteiger partial charge in [-0.1, -0.05) is 0 Å². The first-order chi connectivity index (χ1) is 1.73. The van der Waals surface area contributed by atoms with Crippen molar-refractivity contribution in [3.8, 4) is 0 Å². The smallest absolute Gasteiger partial charge is 0.300 e. The van der Waals surface area contributed by atoms with E-state index in [1.807, 2.05) is 0 Å². The number of hydrogen-bond donors (Lipinski definition) is 1. The minimum Gasteiger partial charge on any atom is -0.481 e. The fourth-order valence-electron chi connectivity index (χ4n) is 0. The molecule has 6 nitrogen and oxygen atoms in total. The quantitative estimate of drug-likeness (QED) is 0.388. The molecule has 0 unspecified atom stereocenters. The Morgan fingerprint density at radius 2 is 1.11 bits per heavy atom. The van der Waals surface area contributed by atoms with E-state index in [9.17, 15) is 0 Å². The van der Waals surface area contributed by atoms with E-state index < -0.39 is 5.97 Å². The molecular weight excluding hydrogens is 168 g/mol. The standard InChI is InChI=1S/C2H4O2.4H2O.Ti/c1-2(3)4;;;;;/h1H3,(H,3,4);4*1H2;. The largest absolute Gasteiger partial charge is 0.481 e. The van der Waals surface area contributed by atoms with Crippen molar-refractivity contribution in [1.29, 1.82) is 0 Å². The van der Waals surface area contributed by atoms with Crippen LogP contribution in [0.4, 0.5) is 0 Å². The molecule has 0 saturated carbocycles. The van der Waals surface area contributed by atoms with E-state index in [4.69, 9.17) is 9.90 Å². The molecule has 0 fully saturated rings. The summed E-state index contributed by atoms with van der Waals surface area (Å²) in [7, 11) is 0. The molecule has 9 heavy (non-hydrogen) atoms. The van der Waals surface area contributed by atoms with E-state index >= 15 is 0 Å². The first kappa shape index (κ1) is 63.5. The van der Waals surface area contributed by atoms with Crippen LogP contribution in [0.5, 0.6) is 0 Å². The first-order valence-corrected chi connectivity index (χ1v) is 0.928. The van der Waals surface area contributed by atoms with Gasteiger partial charge in [-0.2, -0.15) is 0 Å². The van der Waals surface area contributed by atoms with Gasteiger partial charge < -0.3 is 27.0 Å². The normalized spacial score (nSPS) is 2.78. The zero-order valence-electron chi connectivity index (χ0n) is 4.86. The predicted molar refractivity (Wildman–Crippen MR) is 27.8 cm³/mol. The van der Waals surface area contributed by atoms with Crippen LogP contribution in [0.25, 0.3) is 0 Å². The van der Waals surface area contributed by atoms with Crippen molar-refractivity contribution >= 4 is 5.97 Å². The number of carbonyl (C=O) groups is 1. The van der Waals surface area contributed by atoms with E-state index in [0.29, 0.717) is 0 Å². The molecule has 0 aliphatic heterocycles. The molecule has 0 aliphatic rings. The number of aliphatic carboxylic acids is 1. The topological polar surface area (TPSA) is 163 Å². The summed E-state index contributed by atoms with van der Waals surface area (Å²) in [5.41, 5.74) is 0. The van der Waals surface area contributed by atoms with Gasteiger partial charge in [0.15, 0.2) is 0 Å². The van der Waals surface area contributed by atoms with Crippen molar-refractivity contribution in [2.75, 3.05) is 0 Å². The van der Waals surface area contributed by atoms with Crippen molar-refractivity contribution in [1.82, 2.24) is 0 Å². The van der Waals surface area contributed by atoms with E-state index in [0.717, 1.165) is 6.92 Å². The summed E-state index contributed by atoms with van der Waals surface area (Å²) in [6.45, 7) is 1.08. The molecule has 0 heterocycles. The van der Waals surface area contributed by atoms with Gasteiger partial charge in [-0.25, -0.2) is 0 Å². The summed E-state index contributed by atoms with van der Waals surface area (Å²) < 4.78 is 0. The maximum Gasteiger partial charge on any atom is 0.300 e. The van der Waals surface area contributed by atoms with Crippen LogP contribution in [-0.2, 0) is 26.5 Å². The molecule has 9 N–H and O–H groups in total. The Balaban J connectivity index is -0.00000000450. The van der Waals surface area contributed by atoms with Crippen molar-refractivity contribution in [2.45, 2.75) is 6.92 Å². The zero-order valence-corrected chi connectivity index (χ0v) is 6.42. The minimum absolute atomic E-state index is 0. The Morgan fingerprint density at radius 3 is 1.11 bits per heavy atom. The van der Waals surface area contributed by atoms with Crippen molar-refractivity contribution in [3.63, 3.8) is 0 Å². The number of hydrogen-bond acceptors (Lipinski definition) is 1. The molecular formula is C2H12O6Ti. The fraction of sp³-hybridized carbons (Fsp3) is 0.500. The molecule has 0 bridgehead atoms. The van der Waals surface area contributed by atoms with Crippen LogP contribution >= 0.6 is 0 Å². The van der Waals surface area contributed by atoms with Gasteiger partial charge in [-0.05, 0) is 0 Å². The van der Waals surface area contributed by atoms with Crippen molar-refractivity contribution in [3.05, 3.63) is 0 Å². The van der Waals surface area contributed by atoms with Crippen LogP contribution in [-0.4, -0.2) is 33.0 Å². The average Bonchev–Trinajstić information content (AvgIpc) is 0.811. The zero-order chi connectivity index (χ0) is 3.58. The number of carboxylic acids is 1. The molecule has 0 saturated heterocycles. The van der Waals surface area contributed by atoms with Crippen molar-refractivity contribution in [2.24, 2.45) is 0 Å². The maximum absolute atomic E-state index is 9.00. The van der Waals surface area contributed by atoms with Gasteiger partial charge in [-0.3, -0.25) is 4.79 Å². The molecule has 60 valence electrons. The van der Waals surface area contributed by atoms with Crippen molar-refractivity contribution < 1.29 is 53.5 Å². The van der Waals surface area contributed by atoms with E-state index in [2.05, 4.69) is 0 Å². The second-order valence-electron chi connectivity index (χ2n) is 0.519. The molecule has 0 aromatic rings. The third-order valence-electron chi connectivity index (χ3n) is 0. The SMILES string of the molecule is CC(=O)O.O.O.O.O.[Ti]. The molecule has 0 rings (SSSR count). The van der Waals surface area contributed by atoms with Gasteiger partial charge in [0, 0.05) is 28.6 Å². The Labute approximate surface area is 67.0 Å². The molecule has 0 spiro atoms. The summed E-state index contributed by atoms with van der Waals surface area (Å²) in [5, 5.41) is 7.42. The monoisotopic (exact) mass is 180 g/mol. The van der Waals surface area contributed by atoms with Crippen LogP contribution in [0.15, 0.2) is 0 Å². The van der Waals surface area contributed by atoms with Gasteiger partial charge in [0.1, 0.15) is 0 Å². The Morgan fingerprint density at radius 1 is 1.11 bits per heavy atom. The fourth-order valence-corrected chi connectivity index (χ4v) is 0. The molecule has 0 radical (unpaired) electrons. The summed E-state index contributed by atoms with van der Waals surface area (Å²) in [6, 6.07) is 0.